The molecule has 1 aliphatic rings. The van der Waals surface area contributed by atoms with E-state index in [0.717, 1.165) is 6.20 Å². The van der Waals surface area contributed by atoms with E-state index in [1.807, 2.05) is 4.98 Å². The lowest BCUT2D eigenvalue weighted by Crippen LogP contribution is -2.55. The number of aromatic nitrogens is 3. The van der Waals surface area contributed by atoms with Gasteiger partial charge in [-0.25, -0.2) is 9.18 Å². The van der Waals surface area contributed by atoms with Crippen molar-refractivity contribution in [2.45, 2.75) is 24.0 Å². The molecule has 10 heteroatoms. The van der Waals surface area contributed by atoms with Crippen LogP contribution in [0.15, 0.2) is 15.8 Å². The van der Waals surface area contributed by atoms with Crippen molar-refractivity contribution >= 4 is 0 Å². The Labute approximate surface area is 117 Å². The third-order valence-electron chi connectivity index (χ3n) is 3.07. The van der Waals surface area contributed by atoms with E-state index in [0.29, 0.717) is 4.68 Å². The van der Waals surface area contributed by atoms with Gasteiger partial charge in [0.15, 0.2) is 11.8 Å². The van der Waals surface area contributed by atoms with Crippen molar-refractivity contribution in [2.75, 3.05) is 13.3 Å². The molecular weight excluding hydrogens is 287 g/mol. The van der Waals surface area contributed by atoms with E-state index in [1.165, 1.54) is 0 Å². The highest BCUT2D eigenvalue weighted by molar-refractivity contribution is 5.25. The van der Waals surface area contributed by atoms with Crippen molar-refractivity contribution in [2.24, 2.45) is 5.73 Å². The summed E-state index contributed by atoms with van der Waals surface area (Å²) in [6, 6.07) is 0. The maximum atomic E-state index is 12.3. The van der Waals surface area contributed by atoms with Crippen LogP contribution in [0.5, 0.6) is 0 Å². The van der Waals surface area contributed by atoms with Crippen LogP contribution in [0.4, 0.5) is 4.39 Å². The topological polar surface area (TPSA) is 143 Å². The third kappa shape index (κ3) is 2.59. The summed E-state index contributed by atoms with van der Waals surface area (Å²) in [7, 11) is 0. The average molecular weight is 300 g/mol. The fraction of sp³-hybridized carbons (Fsp3) is 0.545. The number of H-pyrrole nitrogens is 1. The van der Waals surface area contributed by atoms with E-state index in [4.69, 9.17) is 15.6 Å². The zero-order valence-electron chi connectivity index (χ0n) is 10.7. The van der Waals surface area contributed by atoms with Crippen LogP contribution in [-0.2, 0) is 4.74 Å². The van der Waals surface area contributed by atoms with Crippen molar-refractivity contribution in [1.82, 2.24) is 14.8 Å². The zero-order chi connectivity index (χ0) is 15.6. The normalized spacial score (nSPS) is 31.7. The zero-order valence-corrected chi connectivity index (χ0v) is 10.7. The molecular formula is C11H13FN4O5. The number of aliphatic hydroxyl groups excluding tert-OH is 2. The Balaban J connectivity index is 2.53. The molecule has 114 valence electrons. The number of halogens is 1. The highest BCUT2D eigenvalue weighted by atomic mass is 19.1. The average Bonchev–Trinajstić information content (AvgIpc) is 2.70. The van der Waals surface area contributed by atoms with Gasteiger partial charge in [0.25, 0.3) is 5.56 Å². The number of nitrogens with two attached hydrogens (primary N) is 1. The molecule has 9 nitrogen and oxygen atoms in total. The van der Waals surface area contributed by atoms with Gasteiger partial charge in [-0.15, -0.1) is 0 Å². The summed E-state index contributed by atoms with van der Waals surface area (Å²) in [5, 5.41) is 22.8. The quantitative estimate of drug-likeness (QED) is 0.422. The van der Waals surface area contributed by atoms with Crippen molar-refractivity contribution in [3.8, 4) is 11.8 Å². The number of alkyl halides is 1. The lowest BCUT2D eigenvalue weighted by atomic mass is 9.92. The van der Waals surface area contributed by atoms with Gasteiger partial charge in [-0.2, -0.15) is 9.78 Å². The minimum atomic E-state index is -1.87. The Hall–Kier alpha value is -2.06. The summed E-state index contributed by atoms with van der Waals surface area (Å²) in [6.45, 7) is -1.61. The van der Waals surface area contributed by atoms with Crippen LogP contribution < -0.4 is 17.0 Å². The van der Waals surface area contributed by atoms with E-state index in [2.05, 4.69) is 16.9 Å². The molecule has 0 aliphatic carbocycles. The van der Waals surface area contributed by atoms with Gasteiger partial charge in [-0.1, -0.05) is 11.8 Å². The van der Waals surface area contributed by atoms with Crippen LogP contribution in [-0.4, -0.2) is 56.0 Å². The molecule has 0 spiro atoms. The van der Waals surface area contributed by atoms with Crippen molar-refractivity contribution < 1.29 is 19.3 Å². The maximum absolute atomic E-state index is 12.3. The van der Waals surface area contributed by atoms with E-state index >= 15 is 0 Å². The first-order chi connectivity index (χ1) is 9.93. The van der Waals surface area contributed by atoms with Gasteiger partial charge in [0.2, 0.25) is 0 Å². The summed E-state index contributed by atoms with van der Waals surface area (Å²) in [6.07, 6.45) is -3.19. The van der Waals surface area contributed by atoms with Crippen LogP contribution >= 0.6 is 0 Å². The Morgan fingerprint density at radius 3 is 2.90 bits per heavy atom. The van der Waals surface area contributed by atoms with Crippen LogP contribution in [0, 0.1) is 11.8 Å². The molecule has 0 radical (unpaired) electrons. The molecule has 0 saturated carbocycles. The predicted octanol–water partition coefficient (Wildman–Crippen LogP) is -3.15. The molecule has 2 heterocycles. The maximum Gasteiger partial charge on any atom is 0.347 e. The van der Waals surface area contributed by atoms with Crippen molar-refractivity contribution in [1.29, 1.82) is 0 Å². The molecule has 3 unspecified atom stereocenters. The fourth-order valence-corrected chi connectivity index (χ4v) is 2.06. The number of hydrogen-bond donors (Lipinski definition) is 4. The summed E-state index contributed by atoms with van der Waals surface area (Å²) >= 11 is 0. The van der Waals surface area contributed by atoms with Gasteiger partial charge in [0.05, 0.1) is 6.61 Å². The first kappa shape index (κ1) is 15.3. The van der Waals surface area contributed by atoms with Gasteiger partial charge in [-0.05, 0) is 0 Å². The molecule has 2 rings (SSSR count). The molecule has 1 fully saturated rings. The minimum absolute atomic E-state index is 0.591. The molecule has 21 heavy (non-hydrogen) atoms. The Bertz CT molecular complexity index is 692. The van der Waals surface area contributed by atoms with Crippen LogP contribution in [0.1, 0.15) is 6.23 Å². The standard InChI is InChI=1S/C11H13FN4O5/c12-3-1-2-11(13)8(19)6(5-17)21-9(11)16-10(20)15-7(18)4-14-16/h4,6,8-9,17,19H,3,5,13H2,(H,15,18,20)/t6?,8-,9?,11?/m0/s1. The third-order valence-corrected chi connectivity index (χ3v) is 3.07. The molecule has 1 saturated heterocycles. The number of aliphatic hydroxyl groups is 2. The summed E-state index contributed by atoms with van der Waals surface area (Å²) in [5.41, 5.74) is 2.39. The Morgan fingerprint density at radius 1 is 1.62 bits per heavy atom. The summed E-state index contributed by atoms with van der Waals surface area (Å²) in [5.74, 6) is 4.35. The number of nitrogens with zero attached hydrogens (tertiary/aromatic N) is 2. The van der Waals surface area contributed by atoms with E-state index < -0.39 is 48.5 Å². The van der Waals surface area contributed by atoms with E-state index in [9.17, 15) is 19.1 Å². The number of hydrogen-bond acceptors (Lipinski definition) is 7. The highest BCUT2D eigenvalue weighted by Crippen LogP contribution is 2.34. The molecule has 0 bridgehead atoms. The van der Waals surface area contributed by atoms with Crippen molar-refractivity contribution in [3.05, 3.63) is 27.0 Å². The molecule has 1 aliphatic heterocycles. The first-order valence-electron chi connectivity index (χ1n) is 5.91. The van der Waals surface area contributed by atoms with Gasteiger partial charge in [0.1, 0.15) is 25.1 Å². The van der Waals surface area contributed by atoms with E-state index in [1.54, 1.807) is 0 Å². The lowest BCUT2D eigenvalue weighted by molar-refractivity contribution is -0.0530. The second kappa shape index (κ2) is 5.74. The van der Waals surface area contributed by atoms with Gasteiger partial charge < -0.3 is 20.7 Å². The lowest BCUT2D eigenvalue weighted by Gasteiger charge is -2.26. The molecule has 0 aromatic carbocycles. The molecule has 5 N–H and O–H groups in total. The second-order valence-corrected chi connectivity index (χ2v) is 4.41. The highest BCUT2D eigenvalue weighted by Gasteiger charge is 2.54. The van der Waals surface area contributed by atoms with Gasteiger partial charge in [0, 0.05) is 0 Å². The van der Waals surface area contributed by atoms with Crippen molar-refractivity contribution in [3.63, 3.8) is 0 Å². The Kier molecular flexibility index (Phi) is 4.19. The number of aromatic amines is 1. The smallest absolute Gasteiger partial charge is 0.347 e. The molecule has 4 atom stereocenters. The monoisotopic (exact) mass is 300 g/mol. The second-order valence-electron chi connectivity index (χ2n) is 4.41. The number of nitrogens with one attached hydrogen (secondary N) is 1. The van der Waals surface area contributed by atoms with Crippen LogP contribution in [0.3, 0.4) is 0 Å². The van der Waals surface area contributed by atoms with Crippen LogP contribution in [0.2, 0.25) is 0 Å². The first-order valence-corrected chi connectivity index (χ1v) is 5.91. The molecule has 0 amide bonds. The minimum Gasteiger partial charge on any atom is -0.394 e. The number of rotatable bonds is 2. The van der Waals surface area contributed by atoms with Gasteiger partial charge in [-0.3, -0.25) is 9.78 Å². The van der Waals surface area contributed by atoms with Crippen LogP contribution in [0.25, 0.3) is 0 Å². The molecule has 1 aromatic rings. The predicted molar refractivity (Wildman–Crippen MR) is 66.8 cm³/mol. The summed E-state index contributed by atoms with van der Waals surface area (Å²) < 4.78 is 18.2. The fourth-order valence-electron chi connectivity index (χ4n) is 2.06. The number of ether oxygens (including phenoxy) is 1. The van der Waals surface area contributed by atoms with E-state index in [-0.39, 0.29) is 0 Å². The molecule has 1 aromatic heterocycles. The van der Waals surface area contributed by atoms with Gasteiger partial charge >= 0.3 is 5.69 Å². The SMILES string of the molecule is NC1(C#CCF)C(n2ncc(=O)[nH]c2=O)OC(CO)[C@@H]1O. The largest absolute Gasteiger partial charge is 0.394 e. The Morgan fingerprint density at radius 2 is 2.33 bits per heavy atom. The summed E-state index contributed by atoms with van der Waals surface area (Å²) in [4.78, 5) is 24.7.